The Morgan fingerprint density at radius 2 is 2.05 bits per heavy atom. The van der Waals surface area contributed by atoms with Crippen LogP contribution in [0.25, 0.3) is 0 Å². The van der Waals surface area contributed by atoms with Crippen LogP contribution in [0, 0.1) is 29.6 Å². The number of amides is 2. The summed E-state index contributed by atoms with van der Waals surface area (Å²) in [6.45, 7) is 3.43. The van der Waals surface area contributed by atoms with Gasteiger partial charge in [0.25, 0.3) is 0 Å². The van der Waals surface area contributed by atoms with E-state index in [0.29, 0.717) is 16.8 Å². The first-order valence-electron chi connectivity index (χ1n) is 6.37. The Hall–Kier alpha value is -2.86. The van der Waals surface area contributed by atoms with Crippen molar-refractivity contribution in [1.29, 1.82) is 10.5 Å². The summed E-state index contributed by atoms with van der Waals surface area (Å²) in [6, 6.07) is 8.59. The normalized spacial score (nSPS) is 10.9. The van der Waals surface area contributed by atoms with Gasteiger partial charge in [-0.05, 0) is 25.5 Å². The fraction of sp³-hybridized carbons (Fsp3) is 0.333. The van der Waals surface area contributed by atoms with Gasteiger partial charge >= 0.3 is 11.8 Å². The van der Waals surface area contributed by atoms with Crippen LogP contribution >= 0.6 is 0 Å². The van der Waals surface area contributed by atoms with Gasteiger partial charge in [-0.3, -0.25) is 9.59 Å². The summed E-state index contributed by atoms with van der Waals surface area (Å²) < 4.78 is 0. The van der Waals surface area contributed by atoms with E-state index in [2.05, 4.69) is 5.32 Å². The summed E-state index contributed by atoms with van der Waals surface area (Å²) >= 11 is 0. The maximum Gasteiger partial charge on any atom is 0.313 e. The molecule has 0 saturated heterocycles. The van der Waals surface area contributed by atoms with Gasteiger partial charge in [0.15, 0.2) is 0 Å². The van der Waals surface area contributed by atoms with Crippen LogP contribution in [-0.2, 0) is 9.59 Å². The van der Waals surface area contributed by atoms with Crippen molar-refractivity contribution in [3.63, 3.8) is 0 Å². The maximum atomic E-state index is 12.0. The fourth-order valence-electron chi connectivity index (χ4n) is 1.73. The monoisotopic (exact) mass is 284 g/mol. The zero-order valence-corrected chi connectivity index (χ0v) is 12.2. The second-order valence-electron chi connectivity index (χ2n) is 4.69. The molecule has 2 amide bonds. The zero-order valence-electron chi connectivity index (χ0n) is 12.2. The number of likely N-dealkylation sites (N-methyl/N-ethyl adjacent to an activating group) is 1. The van der Waals surface area contributed by atoms with E-state index in [9.17, 15) is 9.59 Å². The number of benzene rings is 1. The summed E-state index contributed by atoms with van der Waals surface area (Å²) in [5.41, 5.74) is 1.34. The van der Waals surface area contributed by atoms with Gasteiger partial charge in [0.1, 0.15) is 6.07 Å². The number of nitrogens with zero attached hydrogens (tertiary/aromatic N) is 3. The molecule has 1 aromatic carbocycles. The van der Waals surface area contributed by atoms with Crippen molar-refractivity contribution in [2.75, 3.05) is 12.4 Å². The first-order chi connectivity index (χ1) is 9.92. The number of rotatable bonds is 3. The Morgan fingerprint density at radius 1 is 1.38 bits per heavy atom. The highest BCUT2D eigenvalue weighted by molar-refractivity contribution is 6.39. The number of aryl methyl sites for hydroxylation is 1. The number of nitrogens with one attached hydrogen (secondary N) is 1. The molecule has 0 aliphatic rings. The van der Waals surface area contributed by atoms with Crippen LogP contribution in [0.15, 0.2) is 18.2 Å². The lowest BCUT2D eigenvalue weighted by molar-refractivity contribution is -0.143. The molecule has 6 nitrogen and oxygen atoms in total. The topological polar surface area (TPSA) is 97.0 Å². The summed E-state index contributed by atoms with van der Waals surface area (Å²) in [6.07, 6.45) is 0.142. The minimum absolute atomic E-state index is 0.142. The van der Waals surface area contributed by atoms with E-state index < -0.39 is 11.8 Å². The molecule has 0 bridgehead atoms. The predicted molar refractivity (Wildman–Crippen MR) is 77.0 cm³/mol. The van der Waals surface area contributed by atoms with Crippen LogP contribution in [0.3, 0.4) is 0 Å². The molecule has 0 saturated carbocycles. The summed E-state index contributed by atoms with van der Waals surface area (Å²) in [5.74, 6) is -1.58. The molecule has 1 aromatic rings. The van der Waals surface area contributed by atoms with Crippen molar-refractivity contribution >= 4 is 17.5 Å². The van der Waals surface area contributed by atoms with Gasteiger partial charge in [0, 0.05) is 13.1 Å². The molecule has 1 N–H and O–H groups in total. The molecule has 6 heteroatoms. The van der Waals surface area contributed by atoms with Crippen LogP contribution < -0.4 is 5.32 Å². The van der Waals surface area contributed by atoms with Gasteiger partial charge in [-0.15, -0.1) is 0 Å². The number of carbonyl (C=O) groups excluding carboxylic acids is 2. The van der Waals surface area contributed by atoms with Crippen molar-refractivity contribution in [3.05, 3.63) is 29.3 Å². The van der Waals surface area contributed by atoms with Crippen molar-refractivity contribution in [1.82, 2.24) is 4.90 Å². The van der Waals surface area contributed by atoms with Crippen LogP contribution in [0.1, 0.15) is 24.5 Å². The first kappa shape index (κ1) is 16.2. The number of anilines is 1. The number of nitriles is 2. The highest BCUT2D eigenvalue weighted by atomic mass is 16.2. The highest BCUT2D eigenvalue weighted by Gasteiger charge is 2.23. The predicted octanol–water partition coefficient (Wildman–Crippen LogP) is 1.57. The number of carbonyl (C=O) groups is 2. The largest absolute Gasteiger partial charge is 0.334 e. The van der Waals surface area contributed by atoms with Crippen molar-refractivity contribution < 1.29 is 9.59 Å². The van der Waals surface area contributed by atoms with Crippen LogP contribution in [0.5, 0.6) is 0 Å². The molecule has 0 spiro atoms. The highest BCUT2D eigenvalue weighted by Crippen LogP contribution is 2.18. The average Bonchev–Trinajstić information content (AvgIpc) is 2.46. The molecule has 0 heterocycles. The molecule has 0 aliphatic heterocycles. The Bertz CT molecular complexity index is 640. The van der Waals surface area contributed by atoms with Gasteiger partial charge in [0.2, 0.25) is 0 Å². The smallest absolute Gasteiger partial charge is 0.313 e. The molecule has 1 atom stereocenters. The van der Waals surface area contributed by atoms with Gasteiger partial charge < -0.3 is 10.2 Å². The second-order valence-corrected chi connectivity index (χ2v) is 4.69. The standard InChI is InChI=1S/C15H16N4O2/c1-10-5-4-6-13(12(10)9-17)18-14(20)15(21)19(3)11(2)7-8-16/h4-6,11H,7H2,1-3H3,(H,18,20). The molecule has 108 valence electrons. The first-order valence-corrected chi connectivity index (χ1v) is 6.37. The average molecular weight is 284 g/mol. The second kappa shape index (κ2) is 7.06. The minimum Gasteiger partial charge on any atom is -0.334 e. The van der Waals surface area contributed by atoms with E-state index in [1.165, 1.54) is 11.9 Å². The van der Waals surface area contributed by atoms with Gasteiger partial charge in [-0.1, -0.05) is 12.1 Å². The fourth-order valence-corrected chi connectivity index (χ4v) is 1.73. The SMILES string of the molecule is Cc1cccc(NC(=O)C(=O)N(C)C(C)CC#N)c1C#N. The van der Waals surface area contributed by atoms with Gasteiger partial charge in [-0.25, -0.2) is 0 Å². The summed E-state index contributed by atoms with van der Waals surface area (Å²) in [4.78, 5) is 25.1. The maximum absolute atomic E-state index is 12.0. The Kier molecular flexibility index (Phi) is 5.45. The quantitative estimate of drug-likeness (QED) is 0.852. The lowest BCUT2D eigenvalue weighted by Crippen LogP contribution is -2.42. The molecule has 0 aromatic heterocycles. The molecule has 1 rings (SSSR count). The van der Waals surface area contributed by atoms with Crippen LogP contribution in [0.4, 0.5) is 5.69 Å². The molecule has 21 heavy (non-hydrogen) atoms. The van der Waals surface area contributed by atoms with Gasteiger partial charge in [-0.2, -0.15) is 10.5 Å². The number of hydrogen-bond donors (Lipinski definition) is 1. The third kappa shape index (κ3) is 3.80. The van der Waals surface area contributed by atoms with E-state index in [-0.39, 0.29) is 12.5 Å². The minimum atomic E-state index is -0.829. The van der Waals surface area contributed by atoms with Crippen molar-refractivity contribution in [3.8, 4) is 12.1 Å². The van der Waals surface area contributed by atoms with E-state index in [0.717, 1.165) is 0 Å². The molecular weight excluding hydrogens is 268 g/mol. The molecule has 0 fully saturated rings. The lowest BCUT2D eigenvalue weighted by Gasteiger charge is -2.22. The Balaban J connectivity index is 2.88. The third-order valence-electron chi connectivity index (χ3n) is 3.20. The zero-order chi connectivity index (χ0) is 16.0. The molecule has 0 aliphatic carbocycles. The summed E-state index contributed by atoms with van der Waals surface area (Å²) in [7, 11) is 1.46. The van der Waals surface area contributed by atoms with Crippen molar-refractivity contribution in [2.45, 2.75) is 26.3 Å². The molecule has 1 unspecified atom stereocenters. The molecular formula is C15H16N4O2. The van der Waals surface area contributed by atoms with E-state index >= 15 is 0 Å². The lowest BCUT2D eigenvalue weighted by atomic mass is 10.1. The van der Waals surface area contributed by atoms with E-state index in [1.54, 1.807) is 32.0 Å². The Morgan fingerprint density at radius 3 is 2.62 bits per heavy atom. The Labute approximate surface area is 123 Å². The van der Waals surface area contributed by atoms with Crippen LogP contribution in [-0.4, -0.2) is 29.8 Å². The van der Waals surface area contributed by atoms with Crippen molar-refractivity contribution in [2.24, 2.45) is 0 Å². The third-order valence-corrected chi connectivity index (χ3v) is 3.20. The molecule has 0 radical (unpaired) electrons. The number of hydrogen-bond acceptors (Lipinski definition) is 4. The van der Waals surface area contributed by atoms with E-state index in [4.69, 9.17) is 10.5 Å². The summed E-state index contributed by atoms with van der Waals surface area (Å²) in [5, 5.41) is 20.1. The van der Waals surface area contributed by atoms with Gasteiger partial charge in [0.05, 0.1) is 23.7 Å². The van der Waals surface area contributed by atoms with E-state index in [1.807, 2.05) is 12.1 Å². The van der Waals surface area contributed by atoms with Crippen LogP contribution in [0.2, 0.25) is 0 Å².